The van der Waals surface area contributed by atoms with Crippen molar-refractivity contribution in [2.24, 2.45) is 11.1 Å². The van der Waals surface area contributed by atoms with Gasteiger partial charge in [0.15, 0.2) is 5.65 Å². The Balaban J connectivity index is 1.44. The average molecular weight is 439 g/mol. The van der Waals surface area contributed by atoms with Gasteiger partial charge in [0, 0.05) is 56.1 Å². The SMILES string of the molecule is CCNC(=O)C1CC2(CC(c3cnc4c(c(C)nn4CC)c3NC3CCCCC3)=NO2)C1. The second kappa shape index (κ2) is 8.37. The molecule has 0 aromatic carbocycles. The molecule has 0 atom stereocenters. The van der Waals surface area contributed by atoms with Crippen LogP contribution in [0.4, 0.5) is 5.69 Å². The molecule has 8 heteroatoms. The van der Waals surface area contributed by atoms with E-state index in [-0.39, 0.29) is 17.4 Å². The maximum atomic E-state index is 12.2. The molecule has 8 nitrogen and oxygen atoms in total. The predicted molar refractivity (Wildman–Crippen MR) is 125 cm³/mol. The molecule has 2 aromatic heterocycles. The predicted octanol–water partition coefficient (Wildman–Crippen LogP) is 3.91. The molecular weight excluding hydrogens is 404 g/mol. The Hall–Kier alpha value is -2.64. The van der Waals surface area contributed by atoms with Crippen LogP contribution in [0.1, 0.15) is 76.5 Å². The molecule has 1 aliphatic heterocycles. The van der Waals surface area contributed by atoms with Gasteiger partial charge in [0.25, 0.3) is 0 Å². The Labute approximate surface area is 189 Å². The molecular formula is C24H34N6O2. The van der Waals surface area contributed by atoms with Crippen molar-refractivity contribution in [1.29, 1.82) is 0 Å². The van der Waals surface area contributed by atoms with Crippen LogP contribution in [0.25, 0.3) is 11.0 Å². The van der Waals surface area contributed by atoms with Crippen molar-refractivity contribution in [2.45, 2.75) is 90.3 Å². The summed E-state index contributed by atoms with van der Waals surface area (Å²) in [5, 5.41) is 17.1. The summed E-state index contributed by atoms with van der Waals surface area (Å²) in [5.41, 5.74) is 4.60. The van der Waals surface area contributed by atoms with Crippen LogP contribution in [0, 0.1) is 12.8 Å². The third kappa shape index (κ3) is 3.63. The first-order valence-electron chi connectivity index (χ1n) is 12.2. The molecule has 2 fully saturated rings. The van der Waals surface area contributed by atoms with E-state index in [9.17, 15) is 4.79 Å². The van der Waals surface area contributed by atoms with Gasteiger partial charge in [0.2, 0.25) is 5.91 Å². The lowest BCUT2D eigenvalue weighted by molar-refractivity contribution is -0.147. The number of anilines is 1. The second-order valence-corrected chi connectivity index (χ2v) is 9.61. The van der Waals surface area contributed by atoms with E-state index in [1.54, 1.807) is 0 Å². The standard InChI is InChI=1S/C24H34N6O2/c1-4-25-23(31)16-11-24(12-16)13-19(29-32-24)18-14-26-22-20(15(3)28-30(22)5-2)21(18)27-17-9-7-6-8-10-17/h14,16-17H,4-13H2,1-3H3,(H,25,31)(H,26,27). The highest BCUT2D eigenvalue weighted by atomic mass is 16.7. The quantitative estimate of drug-likeness (QED) is 0.713. The zero-order valence-electron chi connectivity index (χ0n) is 19.4. The van der Waals surface area contributed by atoms with Gasteiger partial charge in [-0.25, -0.2) is 9.67 Å². The van der Waals surface area contributed by atoms with Crippen LogP contribution in [0.2, 0.25) is 0 Å². The van der Waals surface area contributed by atoms with Gasteiger partial charge in [-0.3, -0.25) is 4.79 Å². The van der Waals surface area contributed by atoms with E-state index in [0.29, 0.717) is 12.6 Å². The smallest absolute Gasteiger partial charge is 0.223 e. The molecule has 3 aliphatic rings. The first-order valence-corrected chi connectivity index (χ1v) is 12.2. The summed E-state index contributed by atoms with van der Waals surface area (Å²) in [4.78, 5) is 22.9. The van der Waals surface area contributed by atoms with Crippen LogP contribution in [0.5, 0.6) is 0 Å². The molecule has 2 saturated carbocycles. The highest BCUT2D eigenvalue weighted by Gasteiger charge is 2.53. The summed E-state index contributed by atoms with van der Waals surface area (Å²) < 4.78 is 1.97. The Morgan fingerprint density at radius 2 is 2.03 bits per heavy atom. The number of fused-ring (bicyclic) bond motifs is 1. The van der Waals surface area contributed by atoms with Crippen molar-refractivity contribution in [2.75, 3.05) is 11.9 Å². The zero-order valence-corrected chi connectivity index (χ0v) is 19.4. The van der Waals surface area contributed by atoms with Gasteiger partial charge >= 0.3 is 0 Å². The van der Waals surface area contributed by atoms with Crippen molar-refractivity contribution in [3.05, 3.63) is 17.5 Å². The molecule has 1 amide bonds. The summed E-state index contributed by atoms with van der Waals surface area (Å²) in [6, 6.07) is 0.459. The van der Waals surface area contributed by atoms with Gasteiger partial charge < -0.3 is 15.5 Å². The number of pyridine rings is 1. The summed E-state index contributed by atoms with van der Waals surface area (Å²) in [5.74, 6) is 0.149. The maximum absolute atomic E-state index is 12.2. The monoisotopic (exact) mass is 438 g/mol. The lowest BCUT2D eigenvalue weighted by Gasteiger charge is -2.41. The molecule has 0 unspecified atom stereocenters. The summed E-state index contributed by atoms with van der Waals surface area (Å²) in [7, 11) is 0. The van der Waals surface area contributed by atoms with Crippen molar-refractivity contribution < 1.29 is 9.63 Å². The van der Waals surface area contributed by atoms with Gasteiger partial charge in [-0.05, 0) is 33.6 Å². The fourth-order valence-electron chi connectivity index (χ4n) is 5.59. The van der Waals surface area contributed by atoms with E-state index >= 15 is 0 Å². The van der Waals surface area contributed by atoms with Crippen LogP contribution in [-0.2, 0) is 16.2 Å². The Morgan fingerprint density at radius 1 is 1.25 bits per heavy atom. The lowest BCUT2D eigenvalue weighted by Crippen LogP contribution is -2.50. The highest BCUT2D eigenvalue weighted by molar-refractivity contribution is 6.11. The molecule has 0 saturated heterocycles. The molecule has 2 aromatic rings. The fourth-order valence-corrected chi connectivity index (χ4v) is 5.59. The number of hydrogen-bond donors (Lipinski definition) is 2. The lowest BCUT2D eigenvalue weighted by atomic mass is 9.68. The van der Waals surface area contributed by atoms with Gasteiger partial charge in [0.1, 0.15) is 5.60 Å². The zero-order chi connectivity index (χ0) is 22.3. The average Bonchev–Trinajstić information content (AvgIpc) is 3.36. The number of rotatable bonds is 6. The third-order valence-corrected chi connectivity index (χ3v) is 7.30. The number of nitrogens with zero attached hydrogens (tertiary/aromatic N) is 4. The van der Waals surface area contributed by atoms with Crippen molar-refractivity contribution in [3.63, 3.8) is 0 Å². The van der Waals surface area contributed by atoms with Crippen LogP contribution in [-0.4, -0.2) is 44.6 Å². The van der Waals surface area contributed by atoms with Crippen LogP contribution >= 0.6 is 0 Å². The minimum atomic E-state index is -0.342. The number of nitrogens with one attached hydrogen (secondary N) is 2. The van der Waals surface area contributed by atoms with Gasteiger partial charge in [-0.15, -0.1) is 0 Å². The summed E-state index contributed by atoms with van der Waals surface area (Å²) in [6.45, 7) is 7.55. The molecule has 2 aliphatic carbocycles. The molecule has 0 radical (unpaired) electrons. The topological polar surface area (TPSA) is 93.4 Å². The molecule has 5 rings (SSSR count). The normalized spacial score (nSPS) is 25.5. The Bertz CT molecular complexity index is 1050. The largest absolute Gasteiger partial charge is 0.388 e. The number of carbonyl (C=O) groups is 1. The molecule has 0 bridgehead atoms. The van der Waals surface area contributed by atoms with Crippen molar-refractivity contribution >= 4 is 28.3 Å². The van der Waals surface area contributed by atoms with Crippen molar-refractivity contribution in [3.8, 4) is 0 Å². The molecule has 3 heterocycles. The van der Waals surface area contributed by atoms with E-state index < -0.39 is 0 Å². The van der Waals surface area contributed by atoms with E-state index in [4.69, 9.17) is 14.9 Å². The van der Waals surface area contributed by atoms with Crippen LogP contribution in [0.15, 0.2) is 11.4 Å². The number of aryl methyl sites for hydroxylation is 2. The summed E-state index contributed by atoms with van der Waals surface area (Å²) >= 11 is 0. The van der Waals surface area contributed by atoms with E-state index in [1.165, 1.54) is 32.1 Å². The first-order chi connectivity index (χ1) is 15.5. The number of hydrogen-bond acceptors (Lipinski definition) is 6. The third-order valence-electron chi connectivity index (χ3n) is 7.30. The number of amides is 1. The molecule has 1 spiro atoms. The number of oxime groups is 1. The Kier molecular flexibility index (Phi) is 5.55. The van der Waals surface area contributed by atoms with E-state index in [2.05, 4.69) is 29.6 Å². The second-order valence-electron chi connectivity index (χ2n) is 9.61. The van der Waals surface area contributed by atoms with E-state index in [0.717, 1.165) is 59.5 Å². The van der Waals surface area contributed by atoms with E-state index in [1.807, 2.05) is 17.8 Å². The van der Waals surface area contributed by atoms with Crippen LogP contribution < -0.4 is 10.6 Å². The Morgan fingerprint density at radius 3 is 2.75 bits per heavy atom. The number of carbonyl (C=O) groups excluding carboxylic acids is 1. The number of aromatic nitrogens is 3. The molecule has 2 N–H and O–H groups in total. The highest BCUT2D eigenvalue weighted by Crippen LogP contribution is 2.48. The first kappa shape index (κ1) is 21.2. The van der Waals surface area contributed by atoms with Gasteiger partial charge in [-0.1, -0.05) is 24.4 Å². The summed E-state index contributed by atoms with van der Waals surface area (Å²) in [6.07, 6.45) is 10.3. The molecule has 172 valence electrons. The van der Waals surface area contributed by atoms with Gasteiger partial charge in [0.05, 0.1) is 22.5 Å². The fraction of sp³-hybridized carbons (Fsp3) is 0.667. The van der Waals surface area contributed by atoms with Gasteiger partial charge in [-0.2, -0.15) is 5.10 Å². The maximum Gasteiger partial charge on any atom is 0.223 e. The minimum Gasteiger partial charge on any atom is -0.388 e. The van der Waals surface area contributed by atoms with Crippen molar-refractivity contribution in [1.82, 2.24) is 20.1 Å². The molecule has 32 heavy (non-hydrogen) atoms. The van der Waals surface area contributed by atoms with Crippen LogP contribution in [0.3, 0.4) is 0 Å². The minimum absolute atomic E-state index is 0.0231.